The van der Waals surface area contributed by atoms with Crippen molar-refractivity contribution in [1.29, 1.82) is 0 Å². The molecule has 9 nitrogen and oxygen atoms in total. The van der Waals surface area contributed by atoms with Gasteiger partial charge in [-0.25, -0.2) is 4.63 Å². The van der Waals surface area contributed by atoms with E-state index in [9.17, 15) is 4.79 Å². The number of carbonyl (C=O) groups excluding carboxylic acids is 1. The van der Waals surface area contributed by atoms with Crippen LogP contribution < -0.4 is 25.8 Å². The van der Waals surface area contributed by atoms with E-state index in [1.54, 1.807) is 0 Å². The van der Waals surface area contributed by atoms with Gasteiger partial charge < -0.3 is 25.8 Å². The summed E-state index contributed by atoms with van der Waals surface area (Å²) in [5.74, 6) is 0.955. The van der Waals surface area contributed by atoms with Gasteiger partial charge in [-0.15, -0.1) is 0 Å². The van der Waals surface area contributed by atoms with Crippen molar-refractivity contribution in [3.05, 3.63) is 27.9 Å². The van der Waals surface area contributed by atoms with Gasteiger partial charge in [0.2, 0.25) is 11.5 Å². The van der Waals surface area contributed by atoms with E-state index in [2.05, 4.69) is 41.5 Å². The van der Waals surface area contributed by atoms with E-state index in [0.717, 1.165) is 10.0 Å². The molecule has 0 atom stereocenters. The molecule has 142 valence electrons. The maximum Gasteiger partial charge on any atom is 0.277 e. The molecule has 0 bridgehead atoms. The van der Waals surface area contributed by atoms with E-state index < -0.39 is 5.91 Å². The highest BCUT2D eigenvalue weighted by atomic mass is 79.9. The van der Waals surface area contributed by atoms with E-state index in [0.29, 0.717) is 44.3 Å². The minimum Gasteiger partial charge on any atom is -0.490 e. The molecule has 1 aromatic heterocycles. The molecule has 0 radical (unpaired) electrons. The first-order valence-corrected chi connectivity index (χ1v) is 9.01. The first-order valence-electron chi connectivity index (χ1n) is 8.21. The number of aromatic nitrogens is 2. The number of ether oxygens (including phenoxy) is 2. The Hall–Kier alpha value is -2.33. The summed E-state index contributed by atoms with van der Waals surface area (Å²) >= 11 is 3.54. The number of hydrogen-bond acceptors (Lipinski definition) is 8. The molecule has 1 amide bonds. The molecule has 0 unspecified atom stereocenters. The maximum absolute atomic E-state index is 11.8. The largest absolute Gasteiger partial charge is 0.490 e. The van der Waals surface area contributed by atoms with Gasteiger partial charge in [0.25, 0.3) is 5.91 Å². The molecule has 2 rings (SSSR count). The van der Waals surface area contributed by atoms with Crippen LogP contribution in [0.25, 0.3) is 0 Å². The maximum atomic E-state index is 11.8. The van der Waals surface area contributed by atoms with Crippen LogP contribution in [0.5, 0.6) is 11.5 Å². The summed E-state index contributed by atoms with van der Waals surface area (Å²) in [6, 6.07) is 3.83. The number of rotatable bonds is 10. The lowest BCUT2D eigenvalue weighted by Crippen LogP contribution is -2.32. The van der Waals surface area contributed by atoms with E-state index in [1.807, 2.05) is 26.0 Å². The molecule has 1 heterocycles. The van der Waals surface area contributed by atoms with Gasteiger partial charge in [0.15, 0.2) is 11.5 Å². The third kappa shape index (κ3) is 5.33. The zero-order valence-electron chi connectivity index (χ0n) is 14.7. The number of carbonyl (C=O) groups is 1. The molecule has 0 fully saturated rings. The number of nitrogen functional groups attached to an aromatic ring is 1. The van der Waals surface area contributed by atoms with E-state index in [4.69, 9.17) is 15.2 Å². The van der Waals surface area contributed by atoms with Gasteiger partial charge in [0, 0.05) is 24.1 Å². The van der Waals surface area contributed by atoms with Crippen LogP contribution in [0.2, 0.25) is 0 Å². The van der Waals surface area contributed by atoms with Crippen molar-refractivity contribution in [1.82, 2.24) is 20.9 Å². The molecule has 0 aliphatic carbocycles. The van der Waals surface area contributed by atoms with Gasteiger partial charge in [-0.1, -0.05) is 15.9 Å². The Bertz CT molecular complexity index is 737. The summed E-state index contributed by atoms with van der Waals surface area (Å²) in [4.78, 5) is 11.8. The van der Waals surface area contributed by atoms with Crippen molar-refractivity contribution >= 4 is 27.7 Å². The Morgan fingerprint density at radius 3 is 2.50 bits per heavy atom. The Labute approximate surface area is 159 Å². The fourth-order valence-corrected chi connectivity index (χ4v) is 2.64. The number of nitrogens with zero attached hydrogens (tertiary/aromatic N) is 2. The molecule has 0 aliphatic rings. The molecule has 2 aromatic rings. The van der Waals surface area contributed by atoms with Crippen LogP contribution in [0.4, 0.5) is 5.82 Å². The van der Waals surface area contributed by atoms with Gasteiger partial charge in [-0.3, -0.25) is 4.79 Å². The second-order valence-electron chi connectivity index (χ2n) is 5.19. The van der Waals surface area contributed by atoms with Crippen molar-refractivity contribution in [3.8, 4) is 11.5 Å². The van der Waals surface area contributed by atoms with Crippen LogP contribution in [0.1, 0.15) is 29.9 Å². The summed E-state index contributed by atoms with van der Waals surface area (Å²) in [7, 11) is 0. The van der Waals surface area contributed by atoms with Gasteiger partial charge in [0.05, 0.1) is 13.2 Å². The number of nitrogens with two attached hydrogens (primary N) is 1. The number of anilines is 1. The lowest BCUT2D eigenvalue weighted by Gasteiger charge is -2.14. The minimum atomic E-state index is -0.425. The molecule has 10 heteroatoms. The second-order valence-corrected chi connectivity index (χ2v) is 6.04. The van der Waals surface area contributed by atoms with Crippen molar-refractivity contribution in [2.75, 3.05) is 32.0 Å². The highest BCUT2D eigenvalue weighted by Gasteiger charge is 2.15. The summed E-state index contributed by atoms with van der Waals surface area (Å²) in [5.41, 5.74) is 6.47. The standard InChI is InChI=1S/C16H22BrN5O4/c1-3-24-12-7-10(11(17)8-13(12)25-4-2)9-19-5-6-20-16(23)14-15(18)22-26-21-14/h7-8,19H,3-6,9H2,1-2H3,(H2,18,22)(H,20,23). The average Bonchev–Trinajstić information content (AvgIpc) is 3.04. The lowest BCUT2D eigenvalue weighted by molar-refractivity contribution is 0.0944. The normalized spacial score (nSPS) is 10.6. The number of amides is 1. The van der Waals surface area contributed by atoms with Crippen LogP contribution in [0.3, 0.4) is 0 Å². The van der Waals surface area contributed by atoms with Gasteiger partial charge in [-0.2, -0.15) is 0 Å². The fourth-order valence-electron chi connectivity index (χ4n) is 2.17. The van der Waals surface area contributed by atoms with Crippen molar-refractivity contribution in [3.63, 3.8) is 0 Å². The summed E-state index contributed by atoms with van der Waals surface area (Å²) in [6.07, 6.45) is 0. The molecule has 26 heavy (non-hydrogen) atoms. The van der Waals surface area contributed by atoms with Crippen LogP contribution in [0.15, 0.2) is 21.2 Å². The van der Waals surface area contributed by atoms with Crippen LogP contribution in [0, 0.1) is 0 Å². The van der Waals surface area contributed by atoms with Crippen LogP contribution >= 0.6 is 15.9 Å². The highest BCUT2D eigenvalue weighted by Crippen LogP contribution is 2.33. The van der Waals surface area contributed by atoms with Gasteiger partial charge >= 0.3 is 0 Å². The lowest BCUT2D eigenvalue weighted by atomic mass is 10.2. The van der Waals surface area contributed by atoms with Gasteiger partial charge in [0.1, 0.15) is 0 Å². The molecular weight excluding hydrogens is 406 g/mol. The minimum absolute atomic E-state index is 0.0133. The topological polar surface area (TPSA) is 125 Å². The van der Waals surface area contributed by atoms with E-state index in [-0.39, 0.29) is 11.5 Å². The molecule has 0 saturated carbocycles. The summed E-state index contributed by atoms with van der Waals surface area (Å²) < 4.78 is 16.5. The first-order chi connectivity index (χ1) is 12.6. The predicted molar refractivity (Wildman–Crippen MR) is 99.2 cm³/mol. The smallest absolute Gasteiger partial charge is 0.277 e. The van der Waals surface area contributed by atoms with Crippen molar-refractivity contribution in [2.45, 2.75) is 20.4 Å². The zero-order chi connectivity index (χ0) is 18.9. The molecule has 0 aliphatic heterocycles. The van der Waals surface area contributed by atoms with Crippen LogP contribution in [-0.2, 0) is 6.54 Å². The molecular formula is C16H22BrN5O4. The third-order valence-corrected chi connectivity index (χ3v) is 4.08. The number of halogens is 1. The Kier molecular flexibility index (Phi) is 7.67. The van der Waals surface area contributed by atoms with E-state index in [1.165, 1.54) is 0 Å². The quantitative estimate of drug-likeness (QED) is 0.489. The Morgan fingerprint density at radius 1 is 1.19 bits per heavy atom. The predicted octanol–water partition coefficient (Wildman–Crippen LogP) is 1.73. The molecule has 0 saturated heterocycles. The number of benzene rings is 1. The molecule has 4 N–H and O–H groups in total. The fraction of sp³-hybridized carbons (Fsp3) is 0.438. The third-order valence-electron chi connectivity index (χ3n) is 3.34. The van der Waals surface area contributed by atoms with Crippen molar-refractivity contribution < 1.29 is 18.9 Å². The Morgan fingerprint density at radius 2 is 1.88 bits per heavy atom. The van der Waals surface area contributed by atoms with E-state index >= 15 is 0 Å². The monoisotopic (exact) mass is 427 g/mol. The Balaban J connectivity index is 1.84. The zero-order valence-corrected chi connectivity index (χ0v) is 16.3. The first kappa shape index (κ1) is 20.0. The van der Waals surface area contributed by atoms with Crippen molar-refractivity contribution in [2.24, 2.45) is 0 Å². The number of hydrogen-bond donors (Lipinski definition) is 3. The average molecular weight is 428 g/mol. The number of nitrogens with one attached hydrogen (secondary N) is 2. The molecule has 1 aromatic carbocycles. The van der Waals surface area contributed by atoms with Gasteiger partial charge in [-0.05, 0) is 41.9 Å². The second kappa shape index (κ2) is 9.97. The molecule has 0 spiro atoms. The summed E-state index contributed by atoms with van der Waals surface area (Å²) in [6.45, 7) is 6.52. The SMILES string of the molecule is CCOc1cc(Br)c(CNCCNC(=O)c2nonc2N)cc1OCC. The highest BCUT2D eigenvalue weighted by molar-refractivity contribution is 9.10. The van der Waals surface area contributed by atoms with Crippen LogP contribution in [-0.4, -0.2) is 42.5 Å². The summed E-state index contributed by atoms with van der Waals surface area (Å²) in [5, 5.41) is 12.7.